The van der Waals surface area contributed by atoms with Gasteiger partial charge in [-0.1, -0.05) is 12.1 Å². The van der Waals surface area contributed by atoms with E-state index in [-0.39, 0.29) is 23.6 Å². The van der Waals surface area contributed by atoms with Gasteiger partial charge in [-0.3, -0.25) is 0 Å². The number of hydrogen-bond acceptors (Lipinski definition) is 3. The van der Waals surface area contributed by atoms with Gasteiger partial charge < -0.3 is 9.84 Å². The standard InChI is InChI=1S/C12H15FO2S/c1-15-11-4-2-3-8(12(11)13)5-9-6-16-7-10(9)14/h2-4,9-10,14H,5-7H2,1H3. The van der Waals surface area contributed by atoms with E-state index < -0.39 is 0 Å². The number of methoxy groups -OCH3 is 1. The van der Waals surface area contributed by atoms with Gasteiger partial charge in [0.25, 0.3) is 0 Å². The van der Waals surface area contributed by atoms with Gasteiger partial charge in [-0.05, 0) is 29.7 Å². The second kappa shape index (κ2) is 5.06. The second-order valence-electron chi connectivity index (χ2n) is 4.00. The van der Waals surface area contributed by atoms with E-state index in [0.717, 1.165) is 11.5 Å². The molecule has 1 N–H and O–H groups in total. The van der Waals surface area contributed by atoms with Crippen molar-refractivity contribution in [2.75, 3.05) is 18.6 Å². The van der Waals surface area contributed by atoms with Crippen LogP contribution in [-0.4, -0.2) is 29.8 Å². The predicted octanol–water partition coefficient (Wildman–Crippen LogP) is 2.10. The monoisotopic (exact) mass is 242 g/mol. The van der Waals surface area contributed by atoms with Crippen LogP contribution in [0.5, 0.6) is 5.75 Å². The lowest BCUT2D eigenvalue weighted by molar-refractivity contribution is 0.149. The van der Waals surface area contributed by atoms with Crippen molar-refractivity contribution >= 4 is 11.8 Å². The lowest BCUT2D eigenvalue weighted by Crippen LogP contribution is -2.20. The Morgan fingerprint density at radius 2 is 2.31 bits per heavy atom. The van der Waals surface area contributed by atoms with Gasteiger partial charge in [0.05, 0.1) is 13.2 Å². The van der Waals surface area contributed by atoms with Crippen LogP contribution in [0.3, 0.4) is 0 Å². The number of aliphatic hydroxyl groups excluding tert-OH is 1. The van der Waals surface area contributed by atoms with E-state index in [1.807, 2.05) is 0 Å². The highest BCUT2D eigenvalue weighted by Crippen LogP contribution is 2.29. The Labute approximate surface area is 98.8 Å². The summed E-state index contributed by atoms with van der Waals surface area (Å²) in [5.74, 6) is 1.80. The van der Waals surface area contributed by atoms with Crippen molar-refractivity contribution in [3.05, 3.63) is 29.6 Å². The van der Waals surface area contributed by atoms with Crippen LogP contribution in [0.2, 0.25) is 0 Å². The third-order valence-corrected chi connectivity index (χ3v) is 4.15. The molecule has 1 heterocycles. The topological polar surface area (TPSA) is 29.5 Å². The maximum Gasteiger partial charge on any atom is 0.168 e. The molecular weight excluding hydrogens is 227 g/mol. The maximum atomic E-state index is 13.8. The van der Waals surface area contributed by atoms with Crippen LogP contribution in [0.15, 0.2) is 18.2 Å². The van der Waals surface area contributed by atoms with Gasteiger partial charge in [0, 0.05) is 5.75 Å². The van der Waals surface area contributed by atoms with Gasteiger partial charge in [0.1, 0.15) is 0 Å². The van der Waals surface area contributed by atoms with E-state index in [1.54, 1.807) is 30.0 Å². The lowest BCUT2D eigenvalue weighted by Gasteiger charge is -2.14. The Kier molecular flexibility index (Phi) is 3.71. The van der Waals surface area contributed by atoms with Crippen molar-refractivity contribution in [1.82, 2.24) is 0 Å². The zero-order chi connectivity index (χ0) is 11.5. The Bertz CT molecular complexity index is 370. The largest absolute Gasteiger partial charge is 0.494 e. The van der Waals surface area contributed by atoms with Crippen molar-refractivity contribution < 1.29 is 14.2 Å². The summed E-state index contributed by atoms with van der Waals surface area (Å²) in [5, 5.41) is 9.69. The first-order valence-electron chi connectivity index (χ1n) is 5.29. The fourth-order valence-corrected chi connectivity index (χ4v) is 3.23. The minimum atomic E-state index is -0.310. The molecule has 88 valence electrons. The smallest absolute Gasteiger partial charge is 0.168 e. The van der Waals surface area contributed by atoms with Crippen LogP contribution in [0.4, 0.5) is 4.39 Å². The van der Waals surface area contributed by atoms with Crippen molar-refractivity contribution in [3.8, 4) is 5.75 Å². The molecule has 2 rings (SSSR count). The maximum absolute atomic E-state index is 13.8. The summed E-state index contributed by atoms with van der Waals surface area (Å²) in [4.78, 5) is 0. The van der Waals surface area contributed by atoms with E-state index in [4.69, 9.17) is 4.74 Å². The van der Waals surface area contributed by atoms with Crippen LogP contribution in [0, 0.1) is 11.7 Å². The van der Waals surface area contributed by atoms with Crippen LogP contribution in [-0.2, 0) is 6.42 Å². The summed E-state index contributed by atoms with van der Waals surface area (Å²) in [6.45, 7) is 0. The minimum Gasteiger partial charge on any atom is -0.494 e. The fraction of sp³-hybridized carbons (Fsp3) is 0.500. The van der Waals surface area contributed by atoms with Crippen molar-refractivity contribution in [3.63, 3.8) is 0 Å². The van der Waals surface area contributed by atoms with E-state index in [9.17, 15) is 9.50 Å². The molecular formula is C12H15FO2S. The summed E-state index contributed by atoms with van der Waals surface area (Å²) >= 11 is 1.72. The van der Waals surface area contributed by atoms with Gasteiger partial charge >= 0.3 is 0 Å². The number of rotatable bonds is 3. The highest BCUT2D eigenvalue weighted by molar-refractivity contribution is 7.99. The van der Waals surface area contributed by atoms with Crippen molar-refractivity contribution in [1.29, 1.82) is 0 Å². The molecule has 1 saturated heterocycles. The zero-order valence-corrected chi connectivity index (χ0v) is 9.97. The number of aliphatic hydroxyl groups is 1. The molecule has 1 aliphatic rings. The minimum absolute atomic E-state index is 0.159. The lowest BCUT2D eigenvalue weighted by atomic mass is 9.96. The molecule has 2 atom stereocenters. The molecule has 1 fully saturated rings. The van der Waals surface area contributed by atoms with E-state index in [1.165, 1.54) is 7.11 Å². The Balaban J connectivity index is 2.14. The van der Waals surface area contributed by atoms with Crippen molar-refractivity contribution in [2.45, 2.75) is 12.5 Å². The van der Waals surface area contributed by atoms with Gasteiger partial charge in [-0.25, -0.2) is 4.39 Å². The Morgan fingerprint density at radius 1 is 1.50 bits per heavy atom. The van der Waals surface area contributed by atoms with Gasteiger partial charge in [0.2, 0.25) is 0 Å². The number of ether oxygens (including phenoxy) is 1. The first kappa shape index (κ1) is 11.7. The van der Waals surface area contributed by atoms with Gasteiger partial charge in [-0.15, -0.1) is 0 Å². The molecule has 2 nitrogen and oxygen atoms in total. The molecule has 1 aromatic carbocycles. The Morgan fingerprint density at radius 3 is 2.94 bits per heavy atom. The molecule has 4 heteroatoms. The SMILES string of the molecule is COc1cccc(CC2CSCC2O)c1F. The molecule has 0 radical (unpaired) electrons. The van der Waals surface area contributed by atoms with Crippen LogP contribution < -0.4 is 4.74 Å². The molecule has 0 spiro atoms. The molecule has 0 bridgehead atoms. The molecule has 2 unspecified atom stereocenters. The molecule has 0 amide bonds. The highest BCUT2D eigenvalue weighted by atomic mass is 32.2. The van der Waals surface area contributed by atoms with Crippen LogP contribution >= 0.6 is 11.8 Å². The second-order valence-corrected chi connectivity index (χ2v) is 5.08. The summed E-state index contributed by atoms with van der Waals surface area (Å²) in [6, 6.07) is 5.15. The highest BCUT2D eigenvalue weighted by Gasteiger charge is 2.27. The van der Waals surface area contributed by atoms with E-state index >= 15 is 0 Å². The average molecular weight is 242 g/mol. The molecule has 16 heavy (non-hydrogen) atoms. The number of hydrogen-bond donors (Lipinski definition) is 1. The fourth-order valence-electron chi connectivity index (χ4n) is 1.94. The molecule has 1 aliphatic heterocycles. The van der Waals surface area contributed by atoms with Crippen LogP contribution in [0.25, 0.3) is 0 Å². The van der Waals surface area contributed by atoms with E-state index in [0.29, 0.717) is 12.0 Å². The number of thioether (sulfide) groups is 1. The summed E-state index contributed by atoms with van der Waals surface area (Å²) in [6.07, 6.45) is 0.271. The van der Waals surface area contributed by atoms with E-state index in [2.05, 4.69) is 0 Å². The molecule has 0 saturated carbocycles. The Hall–Kier alpha value is -0.740. The summed E-state index contributed by atoms with van der Waals surface area (Å²) in [7, 11) is 1.46. The molecule has 1 aromatic rings. The first-order valence-corrected chi connectivity index (χ1v) is 6.45. The number of benzene rings is 1. The average Bonchev–Trinajstić information content (AvgIpc) is 2.68. The number of halogens is 1. The van der Waals surface area contributed by atoms with Crippen LogP contribution in [0.1, 0.15) is 5.56 Å². The normalized spacial score (nSPS) is 24.7. The first-order chi connectivity index (χ1) is 7.72. The summed E-state index contributed by atoms with van der Waals surface area (Å²) in [5.41, 5.74) is 0.630. The molecule has 0 aromatic heterocycles. The molecule has 0 aliphatic carbocycles. The van der Waals surface area contributed by atoms with Gasteiger partial charge in [-0.2, -0.15) is 11.8 Å². The van der Waals surface area contributed by atoms with Gasteiger partial charge in [0.15, 0.2) is 11.6 Å². The van der Waals surface area contributed by atoms with Crippen molar-refractivity contribution in [2.24, 2.45) is 5.92 Å². The quantitative estimate of drug-likeness (QED) is 0.880. The third-order valence-electron chi connectivity index (χ3n) is 2.91. The zero-order valence-electron chi connectivity index (χ0n) is 9.15. The third kappa shape index (κ3) is 2.33. The summed E-state index contributed by atoms with van der Waals surface area (Å²) < 4.78 is 18.8. The predicted molar refractivity (Wildman–Crippen MR) is 63.5 cm³/mol.